The fourth-order valence-corrected chi connectivity index (χ4v) is 1.54. The van der Waals surface area contributed by atoms with Crippen LogP contribution in [0, 0.1) is 0 Å². The third-order valence-corrected chi connectivity index (χ3v) is 2.07. The molecule has 4 nitrogen and oxygen atoms in total. The van der Waals surface area contributed by atoms with E-state index in [1.807, 2.05) is 4.90 Å². The van der Waals surface area contributed by atoms with Gasteiger partial charge in [0.25, 0.3) is 0 Å². The largest absolute Gasteiger partial charge is 0.480 e. The van der Waals surface area contributed by atoms with Crippen molar-refractivity contribution >= 4 is 5.97 Å². The average molecular weight is 158 g/mol. The summed E-state index contributed by atoms with van der Waals surface area (Å²) < 4.78 is 0. The summed E-state index contributed by atoms with van der Waals surface area (Å²) in [6.07, 6.45) is 1.76. The zero-order valence-electron chi connectivity index (χ0n) is 6.49. The van der Waals surface area contributed by atoms with Crippen LogP contribution in [0.4, 0.5) is 0 Å². The number of carbonyl (C=O) groups is 1. The van der Waals surface area contributed by atoms with Crippen LogP contribution in [-0.2, 0) is 4.79 Å². The summed E-state index contributed by atoms with van der Waals surface area (Å²) in [5, 5.41) is 8.73. The fraction of sp³-hybridized carbons (Fsp3) is 0.857. The Bertz CT molecular complexity index is 149. The first-order chi connectivity index (χ1) is 5.25. The van der Waals surface area contributed by atoms with E-state index in [-0.39, 0.29) is 6.04 Å². The highest BCUT2D eigenvalue weighted by Crippen LogP contribution is 2.15. The summed E-state index contributed by atoms with van der Waals surface area (Å²) >= 11 is 0. The smallest absolute Gasteiger partial charge is 0.320 e. The van der Waals surface area contributed by atoms with E-state index in [2.05, 4.69) is 0 Å². The Morgan fingerprint density at radius 3 is 3.00 bits per heavy atom. The number of aliphatic carboxylic acids is 1. The second-order valence-corrected chi connectivity index (χ2v) is 2.82. The molecule has 1 saturated heterocycles. The molecular weight excluding hydrogens is 144 g/mol. The predicted molar refractivity (Wildman–Crippen MR) is 41.3 cm³/mol. The molecule has 64 valence electrons. The molecule has 1 aliphatic rings. The number of carboxylic acids is 1. The minimum Gasteiger partial charge on any atom is -0.480 e. The van der Waals surface area contributed by atoms with Crippen molar-refractivity contribution in [2.45, 2.75) is 18.9 Å². The van der Waals surface area contributed by atoms with Gasteiger partial charge in [0.15, 0.2) is 0 Å². The van der Waals surface area contributed by atoms with E-state index in [0.29, 0.717) is 13.1 Å². The molecule has 0 amide bonds. The van der Waals surface area contributed by atoms with Gasteiger partial charge >= 0.3 is 5.97 Å². The third-order valence-electron chi connectivity index (χ3n) is 2.07. The molecule has 1 aliphatic heterocycles. The molecule has 0 bridgehead atoms. The third kappa shape index (κ3) is 1.91. The molecular formula is C7H14N2O2. The molecule has 0 aliphatic carbocycles. The monoisotopic (exact) mass is 158 g/mol. The van der Waals surface area contributed by atoms with E-state index in [0.717, 1.165) is 19.4 Å². The second kappa shape index (κ2) is 3.69. The summed E-state index contributed by atoms with van der Waals surface area (Å²) in [6.45, 7) is 2.13. The van der Waals surface area contributed by atoms with Crippen LogP contribution in [0.3, 0.4) is 0 Å². The highest BCUT2D eigenvalue weighted by molar-refractivity contribution is 5.73. The number of hydrogen-bond donors (Lipinski definition) is 2. The standard InChI is InChI=1S/C7H14N2O2/c8-3-5-9-4-1-2-6(9)7(10)11/h6H,1-5,8H2,(H,10,11)/t6-/m0/s1. The highest BCUT2D eigenvalue weighted by atomic mass is 16.4. The SMILES string of the molecule is NCCN1CCC[C@H]1C(=O)O. The van der Waals surface area contributed by atoms with Crippen LogP contribution in [0.5, 0.6) is 0 Å². The van der Waals surface area contributed by atoms with E-state index < -0.39 is 5.97 Å². The summed E-state index contributed by atoms with van der Waals surface area (Å²) in [5.74, 6) is -0.712. The van der Waals surface area contributed by atoms with Crippen molar-refractivity contribution in [2.75, 3.05) is 19.6 Å². The second-order valence-electron chi connectivity index (χ2n) is 2.82. The number of nitrogens with zero attached hydrogens (tertiary/aromatic N) is 1. The van der Waals surface area contributed by atoms with Gasteiger partial charge in [0.1, 0.15) is 6.04 Å². The van der Waals surface area contributed by atoms with Gasteiger partial charge in [-0.15, -0.1) is 0 Å². The van der Waals surface area contributed by atoms with Gasteiger partial charge in [0, 0.05) is 13.1 Å². The summed E-state index contributed by atoms with van der Waals surface area (Å²) in [6, 6.07) is -0.279. The van der Waals surface area contributed by atoms with Gasteiger partial charge in [-0.1, -0.05) is 0 Å². The number of likely N-dealkylation sites (tertiary alicyclic amines) is 1. The molecule has 11 heavy (non-hydrogen) atoms. The van der Waals surface area contributed by atoms with E-state index in [9.17, 15) is 4.79 Å². The molecule has 0 saturated carbocycles. The Kier molecular flexibility index (Phi) is 2.84. The van der Waals surface area contributed by atoms with E-state index >= 15 is 0 Å². The maximum atomic E-state index is 10.6. The number of hydrogen-bond acceptors (Lipinski definition) is 3. The van der Waals surface area contributed by atoms with Crippen LogP contribution in [0.15, 0.2) is 0 Å². The first-order valence-corrected chi connectivity index (χ1v) is 3.92. The maximum absolute atomic E-state index is 10.6. The van der Waals surface area contributed by atoms with Crippen molar-refractivity contribution < 1.29 is 9.90 Å². The average Bonchev–Trinajstić information content (AvgIpc) is 2.36. The van der Waals surface area contributed by atoms with Gasteiger partial charge in [-0.25, -0.2) is 0 Å². The van der Waals surface area contributed by atoms with Gasteiger partial charge < -0.3 is 10.8 Å². The normalized spacial score (nSPS) is 25.7. The Morgan fingerprint density at radius 2 is 2.45 bits per heavy atom. The number of nitrogens with two attached hydrogens (primary N) is 1. The molecule has 1 fully saturated rings. The maximum Gasteiger partial charge on any atom is 0.320 e. The van der Waals surface area contributed by atoms with E-state index in [4.69, 9.17) is 10.8 Å². The van der Waals surface area contributed by atoms with Crippen molar-refractivity contribution in [3.63, 3.8) is 0 Å². The number of rotatable bonds is 3. The molecule has 0 aromatic carbocycles. The Hall–Kier alpha value is -0.610. The van der Waals surface area contributed by atoms with Crippen LogP contribution in [0.2, 0.25) is 0 Å². The van der Waals surface area contributed by atoms with Gasteiger partial charge in [0.2, 0.25) is 0 Å². The lowest BCUT2D eigenvalue weighted by Gasteiger charge is -2.19. The Labute approximate surface area is 66.0 Å². The van der Waals surface area contributed by atoms with E-state index in [1.54, 1.807) is 0 Å². The van der Waals surface area contributed by atoms with Gasteiger partial charge in [0.05, 0.1) is 0 Å². The Morgan fingerprint density at radius 1 is 1.73 bits per heavy atom. The van der Waals surface area contributed by atoms with Gasteiger partial charge in [-0.3, -0.25) is 9.69 Å². The minimum atomic E-state index is -0.712. The van der Waals surface area contributed by atoms with Crippen LogP contribution in [0.1, 0.15) is 12.8 Å². The predicted octanol–water partition coefficient (Wildman–Crippen LogP) is -0.506. The van der Waals surface area contributed by atoms with Crippen LogP contribution < -0.4 is 5.73 Å². The molecule has 0 aromatic heterocycles. The zero-order valence-corrected chi connectivity index (χ0v) is 6.49. The lowest BCUT2D eigenvalue weighted by Crippen LogP contribution is -2.38. The Balaban J connectivity index is 2.44. The molecule has 1 heterocycles. The molecule has 0 unspecified atom stereocenters. The van der Waals surface area contributed by atoms with E-state index in [1.165, 1.54) is 0 Å². The lowest BCUT2D eigenvalue weighted by molar-refractivity contribution is -0.142. The van der Waals surface area contributed by atoms with Crippen molar-refractivity contribution in [3.05, 3.63) is 0 Å². The quantitative estimate of drug-likeness (QED) is 0.580. The van der Waals surface area contributed by atoms with Crippen LogP contribution >= 0.6 is 0 Å². The van der Waals surface area contributed by atoms with Crippen LogP contribution in [-0.4, -0.2) is 41.7 Å². The minimum absolute atomic E-state index is 0.279. The molecule has 1 atom stereocenters. The summed E-state index contributed by atoms with van der Waals surface area (Å²) in [7, 11) is 0. The van der Waals surface area contributed by atoms with Crippen molar-refractivity contribution in [2.24, 2.45) is 5.73 Å². The lowest BCUT2D eigenvalue weighted by atomic mass is 10.2. The first-order valence-electron chi connectivity index (χ1n) is 3.92. The highest BCUT2D eigenvalue weighted by Gasteiger charge is 2.29. The molecule has 0 spiro atoms. The van der Waals surface area contributed by atoms with Crippen molar-refractivity contribution in [3.8, 4) is 0 Å². The van der Waals surface area contributed by atoms with Crippen molar-refractivity contribution in [1.29, 1.82) is 0 Å². The molecule has 1 rings (SSSR count). The zero-order chi connectivity index (χ0) is 8.27. The molecule has 4 heteroatoms. The van der Waals surface area contributed by atoms with Gasteiger partial charge in [-0.05, 0) is 19.4 Å². The molecule has 0 aromatic rings. The molecule has 0 radical (unpaired) electrons. The number of carboxylic acid groups (broad SMARTS) is 1. The van der Waals surface area contributed by atoms with Gasteiger partial charge in [-0.2, -0.15) is 0 Å². The summed E-state index contributed by atoms with van der Waals surface area (Å²) in [5.41, 5.74) is 5.34. The topological polar surface area (TPSA) is 66.6 Å². The fourth-order valence-electron chi connectivity index (χ4n) is 1.54. The van der Waals surface area contributed by atoms with Crippen molar-refractivity contribution in [1.82, 2.24) is 4.90 Å². The molecule has 3 N–H and O–H groups in total. The van der Waals surface area contributed by atoms with Crippen LogP contribution in [0.25, 0.3) is 0 Å². The first kappa shape index (κ1) is 8.49. The summed E-state index contributed by atoms with van der Waals surface area (Å²) in [4.78, 5) is 12.5.